The SMILES string of the molecule is Nc1cncnc1N1CCC(N2CCCCC2)C1. The lowest BCUT2D eigenvalue weighted by Gasteiger charge is -2.32. The smallest absolute Gasteiger partial charge is 0.155 e. The van der Waals surface area contributed by atoms with Gasteiger partial charge in [0.1, 0.15) is 6.33 Å². The third-order valence-electron chi connectivity index (χ3n) is 4.09. The van der Waals surface area contributed by atoms with Crippen LogP contribution in [-0.4, -0.2) is 47.1 Å². The van der Waals surface area contributed by atoms with Crippen LogP contribution in [0.25, 0.3) is 0 Å². The third-order valence-corrected chi connectivity index (χ3v) is 4.09. The van der Waals surface area contributed by atoms with Crippen molar-refractivity contribution < 1.29 is 0 Å². The molecule has 2 aliphatic heterocycles. The van der Waals surface area contributed by atoms with Crippen LogP contribution in [0, 0.1) is 0 Å². The number of hydrogen-bond donors (Lipinski definition) is 1. The first kappa shape index (κ1) is 11.7. The molecule has 0 spiro atoms. The van der Waals surface area contributed by atoms with Gasteiger partial charge in [0, 0.05) is 19.1 Å². The van der Waals surface area contributed by atoms with Crippen molar-refractivity contribution in [2.24, 2.45) is 0 Å². The number of piperidine rings is 1. The van der Waals surface area contributed by atoms with Gasteiger partial charge in [-0.2, -0.15) is 0 Å². The maximum atomic E-state index is 5.94. The van der Waals surface area contributed by atoms with Gasteiger partial charge in [0.25, 0.3) is 0 Å². The van der Waals surface area contributed by atoms with Crippen LogP contribution in [0.2, 0.25) is 0 Å². The Morgan fingerprint density at radius 2 is 2.00 bits per heavy atom. The predicted octanol–water partition coefficient (Wildman–Crippen LogP) is 1.12. The second-order valence-electron chi connectivity index (χ2n) is 5.29. The van der Waals surface area contributed by atoms with Gasteiger partial charge in [0.2, 0.25) is 0 Å². The fourth-order valence-electron chi connectivity index (χ4n) is 3.11. The van der Waals surface area contributed by atoms with Crippen molar-refractivity contribution in [3.05, 3.63) is 12.5 Å². The molecule has 5 nitrogen and oxygen atoms in total. The van der Waals surface area contributed by atoms with Crippen LogP contribution in [-0.2, 0) is 0 Å². The summed E-state index contributed by atoms with van der Waals surface area (Å²) in [5.74, 6) is 0.907. The molecule has 0 aliphatic carbocycles. The summed E-state index contributed by atoms with van der Waals surface area (Å²) in [4.78, 5) is 13.2. The van der Waals surface area contributed by atoms with E-state index in [1.165, 1.54) is 38.8 Å². The summed E-state index contributed by atoms with van der Waals surface area (Å²) in [6.07, 6.45) is 8.60. The number of anilines is 2. The standard InChI is InChI=1S/C13H21N5/c14-12-8-15-10-16-13(12)18-7-4-11(9-18)17-5-2-1-3-6-17/h8,10-11H,1-7,9,14H2. The Morgan fingerprint density at radius 3 is 2.78 bits per heavy atom. The van der Waals surface area contributed by atoms with E-state index in [-0.39, 0.29) is 0 Å². The Hall–Kier alpha value is -1.36. The molecule has 0 amide bonds. The van der Waals surface area contributed by atoms with Crippen LogP contribution in [0.3, 0.4) is 0 Å². The van der Waals surface area contributed by atoms with E-state index in [4.69, 9.17) is 5.73 Å². The molecule has 2 fully saturated rings. The molecule has 0 radical (unpaired) electrons. The van der Waals surface area contributed by atoms with Gasteiger partial charge in [0.15, 0.2) is 5.82 Å². The van der Waals surface area contributed by atoms with Gasteiger partial charge in [-0.3, -0.25) is 4.90 Å². The summed E-state index contributed by atoms with van der Waals surface area (Å²) in [6, 6.07) is 0.680. The van der Waals surface area contributed by atoms with Crippen LogP contribution in [0.15, 0.2) is 12.5 Å². The first-order valence-corrected chi connectivity index (χ1v) is 6.89. The normalized spacial score (nSPS) is 25.6. The summed E-state index contributed by atoms with van der Waals surface area (Å²) in [6.45, 7) is 4.64. The van der Waals surface area contributed by atoms with Gasteiger partial charge in [-0.1, -0.05) is 6.42 Å². The topological polar surface area (TPSA) is 58.3 Å². The highest BCUT2D eigenvalue weighted by molar-refractivity contribution is 5.61. The highest BCUT2D eigenvalue weighted by Gasteiger charge is 2.29. The minimum Gasteiger partial charge on any atom is -0.394 e. The fraction of sp³-hybridized carbons (Fsp3) is 0.692. The largest absolute Gasteiger partial charge is 0.394 e. The average molecular weight is 247 g/mol. The van der Waals surface area contributed by atoms with E-state index in [1.54, 1.807) is 12.5 Å². The molecule has 5 heteroatoms. The predicted molar refractivity (Wildman–Crippen MR) is 72.5 cm³/mol. The number of likely N-dealkylation sites (tertiary alicyclic amines) is 1. The van der Waals surface area contributed by atoms with Gasteiger partial charge in [-0.05, 0) is 32.4 Å². The van der Waals surface area contributed by atoms with E-state index in [0.717, 1.165) is 18.9 Å². The Kier molecular flexibility index (Phi) is 3.32. The molecule has 1 aromatic rings. The van der Waals surface area contributed by atoms with E-state index < -0.39 is 0 Å². The molecule has 1 atom stereocenters. The molecule has 0 saturated carbocycles. The second kappa shape index (κ2) is 5.10. The Labute approximate surface area is 108 Å². The number of nitrogens with zero attached hydrogens (tertiary/aromatic N) is 4. The zero-order valence-electron chi connectivity index (χ0n) is 10.8. The zero-order chi connectivity index (χ0) is 12.4. The lowest BCUT2D eigenvalue weighted by molar-refractivity contribution is 0.175. The van der Waals surface area contributed by atoms with Gasteiger partial charge >= 0.3 is 0 Å². The van der Waals surface area contributed by atoms with Crippen molar-refractivity contribution in [1.82, 2.24) is 14.9 Å². The van der Waals surface area contributed by atoms with Crippen LogP contribution >= 0.6 is 0 Å². The quantitative estimate of drug-likeness (QED) is 0.849. The fourth-order valence-corrected chi connectivity index (χ4v) is 3.11. The van der Waals surface area contributed by atoms with Crippen molar-refractivity contribution >= 4 is 11.5 Å². The minimum absolute atomic E-state index is 0.680. The Morgan fingerprint density at radius 1 is 1.17 bits per heavy atom. The molecule has 3 heterocycles. The summed E-state index contributed by atoms with van der Waals surface area (Å²) >= 11 is 0. The van der Waals surface area contributed by atoms with E-state index in [9.17, 15) is 0 Å². The van der Waals surface area contributed by atoms with Crippen LogP contribution in [0.1, 0.15) is 25.7 Å². The number of hydrogen-bond acceptors (Lipinski definition) is 5. The number of rotatable bonds is 2. The lowest BCUT2D eigenvalue weighted by Crippen LogP contribution is -2.41. The summed E-state index contributed by atoms with van der Waals surface area (Å²) < 4.78 is 0. The molecule has 2 aliphatic rings. The summed E-state index contributed by atoms with van der Waals surface area (Å²) in [5.41, 5.74) is 6.64. The van der Waals surface area contributed by atoms with Gasteiger partial charge < -0.3 is 10.6 Å². The maximum Gasteiger partial charge on any atom is 0.155 e. The monoisotopic (exact) mass is 247 g/mol. The maximum absolute atomic E-state index is 5.94. The van der Waals surface area contributed by atoms with Crippen molar-refractivity contribution in [3.8, 4) is 0 Å². The molecule has 18 heavy (non-hydrogen) atoms. The van der Waals surface area contributed by atoms with Crippen LogP contribution < -0.4 is 10.6 Å². The van der Waals surface area contributed by atoms with Gasteiger partial charge in [0.05, 0.1) is 11.9 Å². The third kappa shape index (κ3) is 2.27. The number of nitrogens with two attached hydrogens (primary N) is 1. The Bertz CT molecular complexity index is 402. The molecule has 3 rings (SSSR count). The van der Waals surface area contributed by atoms with E-state index in [0.29, 0.717) is 11.7 Å². The summed E-state index contributed by atoms with van der Waals surface area (Å²) in [7, 11) is 0. The molecular formula is C13H21N5. The molecule has 2 N–H and O–H groups in total. The first-order valence-electron chi connectivity index (χ1n) is 6.89. The molecule has 0 aromatic carbocycles. The molecule has 1 aromatic heterocycles. The molecule has 2 saturated heterocycles. The van der Waals surface area contributed by atoms with Crippen molar-refractivity contribution in [1.29, 1.82) is 0 Å². The zero-order valence-corrected chi connectivity index (χ0v) is 10.8. The molecule has 98 valence electrons. The summed E-state index contributed by atoms with van der Waals surface area (Å²) in [5, 5.41) is 0. The first-order chi connectivity index (χ1) is 8.84. The van der Waals surface area contributed by atoms with E-state index in [2.05, 4.69) is 19.8 Å². The number of aromatic nitrogens is 2. The number of nitrogen functional groups attached to an aromatic ring is 1. The van der Waals surface area contributed by atoms with E-state index >= 15 is 0 Å². The molecule has 1 unspecified atom stereocenters. The van der Waals surface area contributed by atoms with Crippen molar-refractivity contribution in [2.45, 2.75) is 31.7 Å². The lowest BCUT2D eigenvalue weighted by atomic mass is 10.1. The van der Waals surface area contributed by atoms with Crippen LogP contribution in [0.4, 0.5) is 11.5 Å². The van der Waals surface area contributed by atoms with Crippen molar-refractivity contribution in [3.63, 3.8) is 0 Å². The average Bonchev–Trinajstić information content (AvgIpc) is 2.90. The minimum atomic E-state index is 0.680. The molecule has 0 bridgehead atoms. The van der Waals surface area contributed by atoms with Gasteiger partial charge in [-0.25, -0.2) is 9.97 Å². The van der Waals surface area contributed by atoms with E-state index in [1.807, 2.05) is 0 Å². The second-order valence-corrected chi connectivity index (χ2v) is 5.29. The van der Waals surface area contributed by atoms with Crippen molar-refractivity contribution in [2.75, 3.05) is 36.8 Å². The van der Waals surface area contributed by atoms with Crippen LogP contribution in [0.5, 0.6) is 0 Å². The highest BCUT2D eigenvalue weighted by atomic mass is 15.3. The van der Waals surface area contributed by atoms with Gasteiger partial charge in [-0.15, -0.1) is 0 Å². The Balaban J connectivity index is 1.66. The molecular weight excluding hydrogens is 226 g/mol. The highest BCUT2D eigenvalue weighted by Crippen LogP contribution is 2.26.